The summed E-state index contributed by atoms with van der Waals surface area (Å²) in [6.45, 7) is 1.65. The highest BCUT2D eigenvalue weighted by molar-refractivity contribution is 14.1. The molecule has 12 heavy (non-hydrogen) atoms. The van der Waals surface area contributed by atoms with E-state index in [2.05, 4.69) is 4.98 Å². The first-order valence-electron chi connectivity index (χ1n) is 3.13. The zero-order valence-corrected chi connectivity index (χ0v) is 9.03. The molecule has 0 fully saturated rings. The summed E-state index contributed by atoms with van der Waals surface area (Å²) in [5, 5.41) is 0.114. The van der Waals surface area contributed by atoms with Gasteiger partial charge in [-0.1, -0.05) is 11.6 Å². The van der Waals surface area contributed by atoms with Gasteiger partial charge < -0.3 is 0 Å². The lowest BCUT2D eigenvalue weighted by Gasteiger charge is -2.05. The van der Waals surface area contributed by atoms with Crippen LogP contribution in [0.2, 0.25) is 5.15 Å². The van der Waals surface area contributed by atoms with Gasteiger partial charge in [0.1, 0.15) is 5.15 Å². The molecule has 1 aromatic heterocycles. The number of halogens is 4. The molecular weight excluding hydrogens is 298 g/mol. The maximum Gasteiger partial charge on any atom is 0.265 e. The van der Waals surface area contributed by atoms with Crippen molar-refractivity contribution >= 4 is 34.2 Å². The molecule has 0 aliphatic heterocycles. The van der Waals surface area contributed by atoms with Gasteiger partial charge in [-0.2, -0.15) is 0 Å². The van der Waals surface area contributed by atoms with Crippen molar-refractivity contribution in [2.24, 2.45) is 0 Å². The molecule has 1 aromatic rings. The maximum atomic E-state index is 12.3. The number of aryl methyl sites for hydroxylation is 1. The summed E-state index contributed by atoms with van der Waals surface area (Å²) in [6, 6.07) is 1.20. The fraction of sp³-hybridized carbons (Fsp3) is 0.286. The van der Waals surface area contributed by atoms with E-state index in [4.69, 9.17) is 11.6 Å². The number of nitrogens with zero attached hydrogens (tertiary/aromatic N) is 1. The fourth-order valence-electron chi connectivity index (χ4n) is 0.801. The summed E-state index contributed by atoms with van der Waals surface area (Å²) >= 11 is 7.35. The van der Waals surface area contributed by atoms with Gasteiger partial charge in [-0.3, -0.25) is 0 Å². The van der Waals surface area contributed by atoms with Gasteiger partial charge in [-0.05, 0) is 35.6 Å². The minimum Gasteiger partial charge on any atom is -0.240 e. The molecule has 1 nitrogen and oxygen atoms in total. The van der Waals surface area contributed by atoms with Crippen LogP contribution in [0.5, 0.6) is 0 Å². The van der Waals surface area contributed by atoms with Crippen molar-refractivity contribution in [2.75, 3.05) is 0 Å². The van der Waals surface area contributed by atoms with Gasteiger partial charge in [0, 0.05) is 9.13 Å². The summed E-state index contributed by atoms with van der Waals surface area (Å²) < 4.78 is 25.1. The molecule has 0 saturated heterocycles. The number of alkyl halides is 2. The Balaban J connectivity index is 3.28. The van der Waals surface area contributed by atoms with Gasteiger partial charge in [0.15, 0.2) is 0 Å². The van der Waals surface area contributed by atoms with Gasteiger partial charge in [0.05, 0.1) is 5.69 Å². The van der Waals surface area contributed by atoms with E-state index < -0.39 is 6.43 Å². The van der Waals surface area contributed by atoms with Crippen LogP contribution in [0, 0.1) is 10.5 Å². The Morgan fingerprint density at radius 3 is 2.67 bits per heavy atom. The topological polar surface area (TPSA) is 12.9 Å². The van der Waals surface area contributed by atoms with Crippen LogP contribution < -0.4 is 0 Å². The Morgan fingerprint density at radius 1 is 1.58 bits per heavy atom. The first-order valence-corrected chi connectivity index (χ1v) is 4.58. The van der Waals surface area contributed by atoms with Crippen molar-refractivity contribution < 1.29 is 8.78 Å². The summed E-state index contributed by atoms with van der Waals surface area (Å²) in [6.07, 6.45) is -2.49. The molecular formula is C7H5ClF2IN. The SMILES string of the molecule is Cc1nc(Cl)cc(C(F)F)c1I. The van der Waals surface area contributed by atoms with Gasteiger partial charge in [0.25, 0.3) is 6.43 Å². The van der Waals surface area contributed by atoms with Crippen LogP contribution in [0.25, 0.3) is 0 Å². The van der Waals surface area contributed by atoms with Crippen LogP contribution in [0.15, 0.2) is 6.07 Å². The quantitative estimate of drug-likeness (QED) is 0.571. The number of hydrogen-bond acceptors (Lipinski definition) is 1. The molecule has 0 saturated carbocycles. The smallest absolute Gasteiger partial charge is 0.240 e. The highest BCUT2D eigenvalue weighted by atomic mass is 127. The Hall–Kier alpha value is 0.0300. The highest BCUT2D eigenvalue weighted by Crippen LogP contribution is 2.27. The van der Waals surface area contributed by atoms with Crippen molar-refractivity contribution in [1.29, 1.82) is 0 Å². The first-order chi connectivity index (χ1) is 5.52. The zero-order valence-electron chi connectivity index (χ0n) is 6.11. The lowest BCUT2D eigenvalue weighted by Crippen LogP contribution is -1.95. The molecule has 66 valence electrons. The fourth-order valence-corrected chi connectivity index (χ4v) is 1.56. The third-order valence-corrected chi connectivity index (χ3v) is 2.95. The minimum atomic E-state index is -2.49. The molecule has 0 spiro atoms. The van der Waals surface area contributed by atoms with E-state index in [0.29, 0.717) is 9.26 Å². The van der Waals surface area contributed by atoms with Crippen molar-refractivity contribution in [3.63, 3.8) is 0 Å². The Labute approximate surface area is 87.3 Å². The van der Waals surface area contributed by atoms with Gasteiger partial charge in [-0.25, -0.2) is 13.8 Å². The lowest BCUT2D eigenvalue weighted by molar-refractivity contribution is 0.150. The molecule has 0 aromatic carbocycles. The normalized spacial score (nSPS) is 10.8. The van der Waals surface area contributed by atoms with Gasteiger partial charge in [-0.15, -0.1) is 0 Å². The zero-order chi connectivity index (χ0) is 9.30. The summed E-state index contributed by atoms with van der Waals surface area (Å²) in [4.78, 5) is 3.84. The van der Waals surface area contributed by atoms with Crippen LogP contribution in [0.4, 0.5) is 8.78 Å². The van der Waals surface area contributed by atoms with E-state index in [1.165, 1.54) is 6.07 Å². The van der Waals surface area contributed by atoms with E-state index in [-0.39, 0.29) is 10.7 Å². The van der Waals surface area contributed by atoms with Crippen LogP contribution >= 0.6 is 34.2 Å². The van der Waals surface area contributed by atoms with Crippen LogP contribution in [-0.2, 0) is 0 Å². The predicted molar refractivity (Wildman–Crippen MR) is 51.7 cm³/mol. The largest absolute Gasteiger partial charge is 0.265 e. The summed E-state index contributed by atoms with van der Waals surface area (Å²) in [5.41, 5.74) is 0.492. The average molecular weight is 303 g/mol. The van der Waals surface area contributed by atoms with Crippen molar-refractivity contribution in [3.05, 3.63) is 26.0 Å². The molecule has 0 atom stereocenters. The standard InChI is InChI=1S/C7H5ClF2IN/c1-3-6(11)4(7(9)10)2-5(8)12-3/h2,7H,1H3. The molecule has 0 N–H and O–H groups in total. The lowest BCUT2D eigenvalue weighted by atomic mass is 10.2. The molecule has 0 bridgehead atoms. The summed E-state index contributed by atoms with van der Waals surface area (Å²) in [7, 11) is 0. The molecule has 1 rings (SSSR count). The van der Waals surface area contributed by atoms with Crippen molar-refractivity contribution in [3.8, 4) is 0 Å². The van der Waals surface area contributed by atoms with Crippen LogP contribution in [0.3, 0.4) is 0 Å². The third kappa shape index (κ3) is 2.04. The predicted octanol–water partition coefficient (Wildman–Crippen LogP) is 3.59. The molecule has 0 amide bonds. The Bertz CT molecular complexity index is 304. The van der Waals surface area contributed by atoms with E-state index in [1.807, 2.05) is 22.6 Å². The summed E-state index contributed by atoms with van der Waals surface area (Å²) in [5.74, 6) is 0. The third-order valence-electron chi connectivity index (χ3n) is 1.36. The van der Waals surface area contributed by atoms with Crippen molar-refractivity contribution in [2.45, 2.75) is 13.3 Å². The molecule has 1 heterocycles. The molecule has 0 unspecified atom stereocenters. The van der Waals surface area contributed by atoms with Crippen LogP contribution in [-0.4, -0.2) is 4.98 Å². The second-order valence-electron chi connectivity index (χ2n) is 2.23. The second-order valence-corrected chi connectivity index (χ2v) is 3.70. The number of hydrogen-bond donors (Lipinski definition) is 0. The van der Waals surface area contributed by atoms with E-state index in [9.17, 15) is 8.78 Å². The van der Waals surface area contributed by atoms with Gasteiger partial charge >= 0.3 is 0 Å². The Morgan fingerprint density at radius 2 is 2.17 bits per heavy atom. The highest BCUT2D eigenvalue weighted by Gasteiger charge is 2.14. The van der Waals surface area contributed by atoms with Gasteiger partial charge in [0.2, 0.25) is 0 Å². The minimum absolute atomic E-state index is 0.0481. The van der Waals surface area contributed by atoms with Crippen LogP contribution in [0.1, 0.15) is 17.7 Å². The number of rotatable bonds is 1. The molecule has 0 radical (unpaired) electrons. The first kappa shape index (κ1) is 10.1. The number of pyridine rings is 1. The average Bonchev–Trinajstić information content (AvgIpc) is 1.96. The molecule has 5 heteroatoms. The maximum absolute atomic E-state index is 12.3. The van der Waals surface area contributed by atoms with E-state index in [1.54, 1.807) is 6.92 Å². The molecule has 0 aliphatic rings. The van der Waals surface area contributed by atoms with Crippen molar-refractivity contribution in [1.82, 2.24) is 4.98 Å². The number of aromatic nitrogens is 1. The molecule has 0 aliphatic carbocycles. The van der Waals surface area contributed by atoms with E-state index in [0.717, 1.165) is 0 Å². The second kappa shape index (κ2) is 3.83. The van der Waals surface area contributed by atoms with E-state index >= 15 is 0 Å². The monoisotopic (exact) mass is 303 g/mol. The Kier molecular flexibility index (Phi) is 3.22.